The molecular formula is C23H21NS. The maximum Gasteiger partial charge on any atom is 0.0486 e. The first-order chi connectivity index (χ1) is 12.4. The highest BCUT2D eigenvalue weighted by Gasteiger charge is 2.08. The van der Waals surface area contributed by atoms with Crippen LogP contribution in [0.3, 0.4) is 0 Å². The van der Waals surface area contributed by atoms with E-state index in [-0.39, 0.29) is 0 Å². The average molecular weight is 343 g/mol. The number of thioether (sulfide) groups is 1. The Bertz CT molecular complexity index is 942. The smallest absolute Gasteiger partial charge is 0.0486 e. The van der Waals surface area contributed by atoms with Crippen LogP contribution in [0.4, 0.5) is 0 Å². The van der Waals surface area contributed by atoms with Crippen LogP contribution in [0.2, 0.25) is 0 Å². The first kappa shape index (κ1) is 16.0. The lowest BCUT2D eigenvalue weighted by atomic mass is 10.2. The molecule has 0 saturated carbocycles. The Morgan fingerprint density at radius 2 is 1.28 bits per heavy atom. The first-order valence-electron chi connectivity index (χ1n) is 8.62. The zero-order valence-electron chi connectivity index (χ0n) is 14.1. The number of hydrogen-bond donors (Lipinski definition) is 0. The molecule has 0 saturated heterocycles. The van der Waals surface area contributed by atoms with Crippen molar-refractivity contribution < 1.29 is 0 Å². The SMILES string of the molecule is c1ccc(CSCc2cn(Cc3ccccc3)c3ccccc23)cc1. The summed E-state index contributed by atoms with van der Waals surface area (Å²) in [6.07, 6.45) is 2.33. The Morgan fingerprint density at radius 1 is 0.640 bits per heavy atom. The van der Waals surface area contributed by atoms with Crippen LogP contribution in [0.15, 0.2) is 91.1 Å². The van der Waals surface area contributed by atoms with Gasteiger partial charge >= 0.3 is 0 Å². The number of benzene rings is 3. The van der Waals surface area contributed by atoms with Gasteiger partial charge in [-0.15, -0.1) is 0 Å². The Kier molecular flexibility index (Phi) is 4.89. The maximum absolute atomic E-state index is 2.38. The summed E-state index contributed by atoms with van der Waals surface area (Å²) in [4.78, 5) is 0. The van der Waals surface area contributed by atoms with Crippen molar-refractivity contribution in [2.75, 3.05) is 0 Å². The van der Waals surface area contributed by atoms with E-state index in [4.69, 9.17) is 0 Å². The van der Waals surface area contributed by atoms with Gasteiger partial charge in [0.15, 0.2) is 0 Å². The zero-order valence-corrected chi connectivity index (χ0v) is 15.0. The van der Waals surface area contributed by atoms with E-state index in [2.05, 4.69) is 95.7 Å². The highest BCUT2D eigenvalue weighted by atomic mass is 32.2. The van der Waals surface area contributed by atoms with E-state index in [1.54, 1.807) is 0 Å². The quantitative estimate of drug-likeness (QED) is 0.408. The summed E-state index contributed by atoms with van der Waals surface area (Å²) in [7, 11) is 0. The molecule has 0 radical (unpaired) electrons. The minimum Gasteiger partial charge on any atom is -0.343 e. The summed E-state index contributed by atoms with van der Waals surface area (Å²) >= 11 is 1.98. The third kappa shape index (κ3) is 3.80. The molecule has 4 rings (SSSR count). The number of hydrogen-bond acceptors (Lipinski definition) is 1. The molecule has 0 atom stereocenters. The average Bonchev–Trinajstić information content (AvgIpc) is 3.01. The van der Waals surface area contributed by atoms with Gasteiger partial charge in [0.2, 0.25) is 0 Å². The maximum atomic E-state index is 2.38. The van der Waals surface area contributed by atoms with E-state index in [0.717, 1.165) is 18.1 Å². The normalized spacial score (nSPS) is 11.0. The summed E-state index contributed by atoms with van der Waals surface area (Å²) in [6, 6.07) is 30.1. The third-order valence-electron chi connectivity index (χ3n) is 4.44. The summed E-state index contributed by atoms with van der Waals surface area (Å²) < 4.78 is 2.38. The van der Waals surface area contributed by atoms with Crippen molar-refractivity contribution in [3.8, 4) is 0 Å². The third-order valence-corrected chi connectivity index (χ3v) is 5.49. The van der Waals surface area contributed by atoms with Gasteiger partial charge in [0.25, 0.3) is 0 Å². The summed E-state index contributed by atoms with van der Waals surface area (Å²) in [5.41, 5.74) is 5.47. The van der Waals surface area contributed by atoms with Gasteiger partial charge in [-0.25, -0.2) is 0 Å². The van der Waals surface area contributed by atoms with Gasteiger partial charge in [0.1, 0.15) is 0 Å². The van der Waals surface area contributed by atoms with E-state index in [1.165, 1.54) is 27.6 Å². The highest BCUT2D eigenvalue weighted by molar-refractivity contribution is 7.97. The summed E-state index contributed by atoms with van der Waals surface area (Å²) in [5, 5.41) is 1.37. The largest absolute Gasteiger partial charge is 0.343 e. The molecule has 1 nitrogen and oxygen atoms in total. The van der Waals surface area contributed by atoms with Crippen molar-refractivity contribution >= 4 is 22.7 Å². The zero-order chi connectivity index (χ0) is 16.9. The van der Waals surface area contributed by atoms with Gasteiger partial charge in [0.05, 0.1) is 0 Å². The van der Waals surface area contributed by atoms with Gasteiger partial charge in [-0.05, 0) is 22.8 Å². The molecule has 0 unspecified atom stereocenters. The van der Waals surface area contributed by atoms with Crippen LogP contribution in [-0.2, 0) is 18.1 Å². The molecule has 1 aromatic heterocycles. The topological polar surface area (TPSA) is 4.93 Å². The molecule has 0 bridgehead atoms. The van der Waals surface area contributed by atoms with Crippen molar-refractivity contribution in [3.63, 3.8) is 0 Å². The van der Waals surface area contributed by atoms with Crippen LogP contribution in [0.1, 0.15) is 16.7 Å². The monoisotopic (exact) mass is 343 g/mol. The second-order valence-corrected chi connectivity index (χ2v) is 7.25. The molecule has 1 heterocycles. The molecule has 25 heavy (non-hydrogen) atoms. The Hall–Kier alpha value is -2.45. The summed E-state index contributed by atoms with van der Waals surface area (Å²) in [6.45, 7) is 0.921. The fourth-order valence-electron chi connectivity index (χ4n) is 3.20. The molecule has 0 spiro atoms. The number of para-hydroxylation sites is 1. The van der Waals surface area contributed by atoms with Gasteiger partial charge in [-0.3, -0.25) is 0 Å². The van der Waals surface area contributed by atoms with Crippen molar-refractivity contribution in [2.24, 2.45) is 0 Å². The van der Waals surface area contributed by atoms with Gasteiger partial charge in [-0.2, -0.15) is 11.8 Å². The second-order valence-electron chi connectivity index (χ2n) is 6.26. The van der Waals surface area contributed by atoms with Crippen molar-refractivity contribution in [1.29, 1.82) is 0 Å². The predicted octanol–water partition coefficient (Wildman–Crippen LogP) is 6.12. The van der Waals surface area contributed by atoms with E-state index in [0.29, 0.717) is 0 Å². The first-order valence-corrected chi connectivity index (χ1v) is 9.78. The van der Waals surface area contributed by atoms with Crippen molar-refractivity contribution in [3.05, 3.63) is 108 Å². The Balaban J connectivity index is 1.54. The van der Waals surface area contributed by atoms with Crippen molar-refractivity contribution in [2.45, 2.75) is 18.1 Å². The van der Waals surface area contributed by atoms with E-state index in [1.807, 2.05) is 11.8 Å². The molecule has 0 aliphatic carbocycles. The number of fused-ring (bicyclic) bond motifs is 1. The number of aromatic nitrogens is 1. The van der Waals surface area contributed by atoms with E-state index < -0.39 is 0 Å². The number of rotatable bonds is 6. The molecule has 124 valence electrons. The van der Waals surface area contributed by atoms with Crippen LogP contribution in [0.5, 0.6) is 0 Å². The van der Waals surface area contributed by atoms with Crippen molar-refractivity contribution in [1.82, 2.24) is 4.57 Å². The fourth-order valence-corrected chi connectivity index (χ4v) is 4.18. The Morgan fingerprint density at radius 3 is 2.04 bits per heavy atom. The number of nitrogens with zero attached hydrogens (tertiary/aromatic N) is 1. The van der Waals surface area contributed by atoms with Gasteiger partial charge < -0.3 is 4.57 Å². The van der Waals surface area contributed by atoms with Crippen LogP contribution in [0, 0.1) is 0 Å². The molecule has 0 aliphatic heterocycles. The minimum absolute atomic E-state index is 0.921. The minimum atomic E-state index is 0.921. The highest BCUT2D eigenvalue weighted by Crippen LogP contribution is 2.27. The molecule has 3 aromatic carbocycles. The van der Waals surface area contributed by atoms with Crippen LogP contribution in [-0.4, -0.2) is 4.57 Å². The van der Waals surface area contributed by atoms with Crippen LogP contribution < -0.4 is 0 Å². The predicted molar refractivity (Wildman–Crippen MR) is 109 cm³/mol. The van der Waals surface area contributed by atoms with E-state index >= 15 is 0 Å². The molecule has 0 amide bonds. The lowest BCUT2D eigenvalue weighted by molar-refractivity contribution is 0.834. The fraction of sp³-hybridized carbons (Fsp3) is 0.130. The molecule has 0 fully saturated rings. The van der Waals surface area contributed by atoms with E-state index in [9.17, 15) is 0 Å². The second kappa shape index (κ2) is 7.62. The Labute approximate surface area is 153 Å². The van der Waals surface area contributed by atoms with Crippen LogP contribution >= 0.6 is 11.8 Å². The molecule has 0 aliphatic rings. The standard InChI is InChI=1S/C23H21NS/c1-3-9-19(10-4-1)15-24-16-21(22-13-7-8-14-23(22)24)18-25-17-20-11-5-2-6-12-20/h1-14,16H,15,17-18H2. The molecule has 4 aromatic rings. The van der Waals surface area contributed by atoms with Gasteiger partial charge in [0, 0.05) is 35.2 Å². The molecule has 0 N–H and O–H groups in total. The lowest BCUT2D eigenvalue weighted by Crippen LogP contribution is -1.97. The lowest BCUT2D eigenvalue weighted by Gasteiger charge is -2.05. The van der Waals surface area contributed by atoms with Crippen LogP contribution in [0.25, 0.3) is 10.9 Å². The summed E-state index contributed by atoms with van der Waals surface area (Å²) in [5.74, 6) is 2.09. The molecule has 2 heteroatoms. The van der Waals surface area contributed by atoms with Gasteiger partial charge in [-0.1, -0.05) is 78.9 Å². The molecular weight excluding hydrogens is 322 g/mol.